The summed E-state index contributed by atoms with van der Waals surface area (Å²) in [5, 5.41) is 2.78. The average molecular weight is 292 g/mol. The number of amides is 2. The molecule has 1 saturated heterocycles. The smallest absolute Gasteiger partial charge is 0.239 e. The van der Waals surface area contributed by atoms with Crippen molar-refractivity contribution in [1.82, 2.24) is 10.2 Å². The molecule has 2 rings (SSSR count). The largest absolute Gasteiger partial charge is 0.354 e. The first-order chi connectivity index (χ1) is 10.1. The van der Waals surface area contributed by atoms with E-state index in [2.05, 4.69) is 5.32 Å². The molecule has 1 aromatic carbocycles. The van der Waals surface area contributed by atoms with E-state index >= 15 is 0 Å². The zero-order chi connectivity index (χ0) is 15.1. The Hall–Kier alpha value is -1.91. The van der Waals surface area contributed by atoms with Gasteiger partial charge in [0.25, 0.3) is 0 Å². The molecule has 0 aromatic heterocycles. The number of hydrogen-bond acceptors (Lipinski definition) is 2. The number of hydrogen-bond donors (Lipinski definition) is 1. The predicted octanol–water partition coefficient (Wildman–Crippen LogP) is 1.89. The first kappa shape index (κ1) is 15.5. The van der Waals surface area contributed by atoms with Crippen LogP contribution in [0.3, 0.4) is 0 Å². The molecule has 0 radical (unpaired) electrons. The minimum atomic E-state index is -0.269. The minimum absolute atomic E-state index is 0.0628. The molecule has 1 aliphatic heterocycles. The van der Waals surface area contributed by atoms with Crippen LogP contribution in [-0.2, 0) is 16.0 Å². The fraction of sp³-hybridized carbons (Fsp3) is 0.500. The van der Waals surface area contributed by atoms with Crippen LogP contribution in [0.2, 0.25) is 0 Å². The highest BCUT2D eigenvalue weighted by Gasteiger charge is 2.18. The van der Waals surface area contributed by atoms with Crippen molar-refractivity contribution in [2.45, 2.75) is 32.1 Å². The number of carbonyl (C=O) groups is 2. The van der Waals surface area contributed by atoms with Gasteiger partial charge in [0.2, 0.25) is 11.8 Å². The molecule has 1 heterocycles. The van der Waals surface area contributed by atoms with E-state index in [1.54, 1.807) is 11.0 Å². The minimum Gasteiger partial charge on any atom is -0.354 e. The van der Waals surface area contributed by atoms with Gasteiger partial charge in [-0.2, -0.15) is 0 Å². The highest BCUT2D eigenvalue weighted by molar-refractivity contribution is 5.84. The Balaban J connectivity index is 1.73. The van der Waals surface area contributed by atoms with Crippen molar-refractivity contribution in [1.29, 1.82) is 0 Å². The topological polar surface area (TPSA) is 49.4 Å². The van der Waals surface area contributed by atoms with Crippen molar-refractivity contribution in [3.63, 3.8) is 0 Å². The molecule has 114 valence electrons. The third-order valence-corrected chi connectivity index (χ3v) is 3.63. The third kappa shape index (κ3) is 5.17. The Kier molecular flexibility index (Phi) is 5.72. The molecule has 1 aliphatic rings. The molecule has 1 N–H and O–H groups in total. The summed E-state index contributed by atoms with van der Waals surface area (Å²) < 4.78 is 13.0. The number of benzene rings is 1. The van der Waals surface area contributed by atoms with Gasteiger partial charge in [-0.1, -0.05) is 18.6 Å². The predicted molar refractivity (Wildman–Crippen MR) is 78.2 cm³/mol. The van der Waals surface area contributed by atoms with E-state index in [-0.39, 0.29) is 24.2 Å². The number of rotatable bonds is 5. The molecule has 0 bridgehead atoms. The first-order valence-electron chi connectivity index (χ1n) is 7.44. The van der Waals surface area contributed by atoms with E-state index in [9.17, 15) is 14.0 Å². The van der Waals surface area contributed by atoms with Gasteiger partial charge in [0.1, 0.15) is 5.82 Å². The van der Waals surface area contributed by atoms with Crippen LogP contribution in [0.25, 0.3) is 0 Å². The van der Waals surface area contributed by atoms with Gasteiger partial charge in [0.05, 0.1) is 6.54 Å². The van der Waals surface area contributed by atoms with Gasteiger partial charge in [-0.05, 0) is 37.0 Å². The zero-order valence-electron chi connectivity index (χ0n) is 12.1. The lowest BCUT2D eigenvalue weighted by Crippen LogP contribution is -2.41. The van der Waals surface area contributed by atoms with Crippen molar-refractivity contribution in [3.05, 3.63) is 35.6 Å². The van der Waals surface area contributed by atoms with Gasteiger partial charge in [-0.3, -0.25) is 9.59 Å². The molecule has 5 heteroatoms. The van der Waals surface area contributed by atoms with E-state index in [0.717, 1.165) is 24.8 Å². The van der Waals surface area contributed by atoms with Gasteiger partial charge in [-0.25, -0.2) is 4.39 Å². The number of nitrogens with one attached hydrogen (secondary N) is 1. The Morgan fingerprint density at radius 3 is 2.95 bits per heavy atom. The van der Waals surface area contributed by atoms with Crippen molar-refractivity contribution < 1.29 is 14.0 Å². The SMILES string of the molecule is O=C(CN1CCCCCC1=O)NCCc1cccc(F)c1. The van der Waals surface area contributed by atoms with E-state index in [1.807, 2.05) is 6.07 Å². The summed E-state index contributed by atoms with van der Waals surface area (Å²) in [6.07, 6.45) is 4.04. The quantitative estimate of drug-likeness (QED) is 0.901. The average Bonchev–Trinajstić information content (AvgIpc) is 2.64. The van der Waals surface area contributed by atoms with E-state index in [0.29, 0.717) is 25.9 Å². The molecular formula is C16H21FN2O2. The Bertz CT molecular complexity index is 505. The van der Waals surface area contributed by atoms with Crippen molar-refractivity contribution in [2.75, 3.05) is 19.6 Å². The molecular weight excluding hydrogens is 271 g/mol. The van der Waals surface area contributed by atoms with E-state index in [1.165, 1.54) is 12.1 Å². The van der Waals surface area contributed by atoms with Crippen LogP contribution in [0.4, 0.5) is 4.39 Å². The molecule has 1 aromatic rings. The standard InChI is InChI=1S/C16H21FN2O2/c17-14-6-4-5-13(11-14)8-9-18-15(20)12-19-10-3-1-2-7-16(19)21/h4-6,11H,1-3,7-10,12H2,(H,18,20). The first-order valence-corrected chi connectivity index (χ1v) is 7.44. The lowest BCUT2D eigenvalue weighted by atomic mass is 10.1. The van der Waals surface area contributed by atoms with Gasteiger partial charge >= 0.3 is 0 Å². The van der Waals surface area contributed by atoms with Gasteiger partial charge < -0.3 is 10.2 Å². The zero-order valence-corrected chi connectivity index (χ0v) is 12.1. The van der Waals surface area contributed by atoms with Crippen molar-refractivity contribution >= 4 is 11.8 Å². The van der Waals surface area contributed by atoms with Crippen molar-refractivity contribution in [3.8, 4) is 0 Å². The number of likely N-dealkylation sites (tertiary alicyclic amines) is 1. The summed E-state index contributed by atoms with van der Waals surface area (Å²) in [6.45, 7) is 1.24. The Morgan fingerprint density at radius 1 is 1.29 bits per heavy atom. The molecule has 0 saturated carbocycles. The summed E-state index contributed by atoms with van der Waals surface area (Å²) in [7, 11) is 0. The van der Waals surface area contributed by atoms with Crippen LogP contribution in [-0.4, -0.2) is 36.3 Å². The summed E-state index contributed by atoms with van der Waals surface area (Å²) >= 11 is 0. The fourth-order valence-corrected chi connectivity index (χ4v) is 2.47. The third-order valence-electron chi connectivity index (χ3n) is 3.63. The van der Waals surface area contributed by atoms with Gasteiger partial charge in [-0.15, -0.1) is 0 Å². The highest BCUT2D eigenvalue weighted by atomic mass is 19.1. The number of nitrogens with zero attached hydrogens (tertiary/aromatic N) is 1. The van der Waals surface area contributed by atoms with Gasteiger partial charge in [0.15, 0.2) is 0 Å². The maximum Gasteiger partial charge on any atom is 0.239 e. The molecule has 0 atom stereocenters. The van der Waals surface area contributed by atoms with E-state index < -0.39 is 0 Å². The lowest BCUT2D eigenvalue weighted by Gasteiger charge is -2.19. The normalized spacial score (nSPS) is 15.7. The second-order valence-corrected chi connectivity index (χ2v) is 5.36. The van der Waals surface area contributed by atoms with Crippen LogP contribution >= 0.6 is 0 Å². The van der Waals surface area contributed by atoms with E-state index in [4.69, 9.17) is 0 Å². The van der Waals surface area contributed by atoms with Crippen molar-refractivity contribution in [2.24, 2.45) is 0 Å². The highest BCUT2D eigenvalue weighted by Crippen LogP contribution is 2.10. The second-order valence-electron chi connectivity index (χ2n) is 5.36. The monoisotopic (exact) mass is 292 g/mol. The Morgan fingerprint density at radius 2 is 2.14 bits per heavy atom. The lowest BCUT2D eigenvalue weighted by molar-refractivity contribution is -0.135. The number of carbonyl (C=O) groups excluding carboxylic acids is 2. The van der Waals surface area contributed by atoms with Crippen LogP contribution in [0.15, 0.2) is 24.3 Å². The fourth-order valence-electron chi connectivity index (χ4n) is 2.47. The van der Waals surface area contributed by atoms with Crippen LogP contribution in [0, 0.1) is 5.82 Å². The molecule has 0 aliphatic carbocycles. The molecule has 21 heavy (non-hydrogen) atoms. The molecule has 0 spiro atoms. The molecule has 0 unspecified atom stereocenters. The van der Waals surface area contributed by atoms with Crippen LogP contribution in [0.5, 0.6) is 0 Å². The van der Waals surface area contributed by atoms with Crippen LogP contribution < -0.4 is 5.32 Å². The van der Waals surface area contributed by atoms with Crippen LogP contribution in [0.1, 0.15) is 31.2 Å². The molecule has 2 amide bonds. The summed E-state index contributed by atoms with van der Waals surface area (Å²) in [6, 6.07) is 6.34. The number of halogens is 1. The van der Waals surface area contributed by atoms with Gasteiger partial charge in [0, 0.05) is 19.5 Å². The molecule has 4 nitrogen and oxygen atoms in total. The second kappa shape index (κ2) is 7.76. The Labute approximate surface area is 124 Å². The maximum atomic E-state index is 13.0. The summed E-state index contributed by atoms with van der Waals surface area (Å²) in [5.41, 5.74) is 0.848. The summed E-state index contributed by atoms with van der Waals surface area (Å²) in [5.74, 6) is -0.358. The molecule has 1 fully saturated rings. The maximum absolute atomic E-state index is 13.0. The summed E-state index contributed by atoms with van der Waals surface area (Å²) in [4.78, 5) is 25.3.